The van der Waals surface area contributed by atoms with Crippen LogP contribution in [0.15, 0.2) is 12.1 Å². The van der Waals surface area contributed by atoms with Gasteiger partial charge in [0.2, 0.25) is 5.91 Å². The molecule has 1 atom stereocenters. The van der Waals surface area contributed by atoms with E-state index in [9.17, 15) is 9.18 Å². The lowest BCUT2D eigenvalue weighted by Crippen LogP contribution is -2.36. The second kappa shape index (κ2) is 4.80. The molecular weight excluding hydrogens is 266 g/mol. The fraction of sp³-hybridized carbons (Fsp3) is 0.364. The van der Waals surface area contributed by atoms with Gasteiger partial charge in [0.15, 0.2) is 5.82 Å². The Bertz CT molecular complexity index is 444. The second-order valence-electron chi connectivity index (χ2n) is 3.84. The number of likely N-dealkylation sites (N-methyl/N-ethyl adjacent to an activating group) is 1. The first-order valence-corrected chi connectivity index (χ1v) is 5.93. The number of amides is 1. The summed E-state index contributed by atoms with van der Waals surface area (Å²) in [6, 6.07) is 2.63. The van der Waals surface area contributed by atoms with Crippen molar-refractivity contribution in [2.24, 2.45) is 0 Å². The number of carbonyl (C=O) groups is 1. The van der Waals surface area contributed by atoms with Gasteiger partial charge < -0.3 is 10.2 Å². The molecule has 3 nitrogen and oxygen atoms in total. The van der Waals surface area contributed by atoms with Gasteiger partial charge in [-0.15, -0.1) is 0 Å². The summed E-state index contributed by atoms with van der Waals surface area (Å²) in [7, 11) is 1.73. The quantitative estimate of drug-likeness (QED) is 0.842. The monoisotopic (exact) mass is 276 g/mol. The Morgan fingerprint density at radius 2 is 2.00 bits per heavy atom. The third-order valence-electron chi connectivity index (χ3n) is 2.83. The molecule has 1 aromatic carbocycles. The van der Waals surface area contributed by atoms with Crippen LogP contribution < -0.4 is 10.2 Å². The van der Waals surface area contributed by atoms with Crippen LogP contribution in [0, 0.1) is 5.82 Å². The van der Waals surface area contributed by atoms with Crippen molar-refractivity contribution in [3.8, 4) is 0 Å². The Morgan fingerprint density at radius 1 is 1.41 bits per heavy atom. The zero-order chi connectivity index (χ0) is 12.6. The van der Waals surface area contributed by atoms with Gasteiger partial charge in [0.1, 0.15) is 0 Å². The van der Waals surface area contributed by atoms with Crippen molar-refractivity contribution >= 4 is 34.8 Å². The van der Waals surface area contributed by atoms with Crippen molar-refractivity contribution in [2.75, 3.05) is 18.5 Å². The summed E-state index contributed by atoms with van der Waals surface area (Å²) in [5, 5.41) is 2.77. The van der Waals surface area contributed by atoms with E-state index >= 15 is 0 Å². The number of hydrogen-bond acceptors (Lipinski definition) is 2. The number of benzene rings is 1. The number of carbonyl (C=O) groups excluding carboxylic acids is 1. The highest BCUT2D eigenvalue weighted by atomic mass is 35.5. The van der Waals surface area contributed by atoms with Crippen molar-refractivity contribution in [1.29, 1.82) is 0 Å². The van der Waals surface area contributed by atoms with Gasteiger partial charge in [-0.3, -0.25) is 4.79 Å². The summed E-state index contributed by atoms with van der Waals surface area (Å²) in [6.07, 6.45) is 0.710. The molecule has 1 amide bonds. The molecule has 92 valence electrons. The van der Waals surface area contributed by atoms with Crippen molar-refractivity contribution in [2.45, 2.75) is 12.5 Å². The molecule has 2 rings (SSSR count). The summed E-state index contributed by atoms with van der Waals surface area (Å²) >= 11 is 11.4. The fourth-order valence-corrected chi connectivity index (χ4v) is 2.38. The maximum atomic E-state index is 13.3. The van der Waals surface area contributed by atoms with E-state index in [1.54, 1.807) is 11.9 Å². The smallest absolute Gasteiger partial charge is 0.244 e. The molecule has 1 heterocycles. The molecule has 0 aliphatic carbocycles. The van der Waals surface area contributed by atoms with Crippen LogP contribution >= 0.6 is 23.2 Å². The number of rotatable bonds is 2. The van der Waals surface area contributed by atoms with E-state index in [1.165, 1.54) is 12.1 Å². The van der Waals surface area contributed by atoms with E-state index in [-0.39, 0.29) is 22.0 Å². The van der Waals surface area contributed by atoms with Gasteiger partial charge in [0.25, 0.3) is 0 Å². The lowest BCUT2D eigenvalue weighted by atomic mass is 10.2. The zero-order valence-electron chi connectivity index (χ0n) is 9.14. The van der Waals surface area contributed by atoms with Gasteiger partial charge in [-0.1, -0.05) is 23.2 Å². The molecule has 6 heteroatoms. The first-order chi connectivity index (χ1) is 8.04. The summed E-state index contributed by atoms with van der Waals surface area (Å²) in [5.74, 6) is -0.708. The SMILES string of the molecule is CNC1CCN(c2cc(Cl)c(F)c(Cl)c2)C1=O. The second-order valence-corrected chi connectivity index (χ2v) is 4.66. The Morgan fingerprint density at radius 3 is 2.47 bits per heavy atom. The number of halogens is 3. The third-order valence-corrected chi connectivity index (χ3v) is 3.38. The minimum atomic E-state index is -0.658. The predicted molar refractivity (Wildman–Crippen MR) is 66.2 cm³/mol. The van der Waals surface area contributed by atoms with Crippen LogP contribution in [0.5, 0.6) is 0 Å². The summed E-state index contributed by atoms with van der Waals surface area (Å²) in [4.78, 5) is 13.5. The normalized spacial score (nSPS) is 20.1. The van der Waals surface area contributed by atoms with Crippen LogP contribution in [0.3, 0.4) is 0 Å². The molecule has 1 saturated heterocycles. The van der Waals surface area contributed by atoms with E-state index in [0.29, 0.717) is 18.7 Å². The van der Waals surface area contributed by atoms with Crippen LogP contribution in [0.4, 0.5) is 10.1 Å². The van der Waals surface area contributed by atoms with Crippen LogP contribution in [0.25, 0.3) is 0 Å². The third kappa shape index (κ3) is 2.25. The highest BCUT2D eigenvalue weighted by Gasteiger charge is 2.31. The first-order valence-electron chi connectivity index (χ1n) is 5.17. The molecule has 17 heavy (non-hydrogen) atoms. The number of hydrogen-bond donors (Lipinski definition) is 1. The van der Waals surface area contributed by atoms with Gasteiger partial charge >= 0.3 is 0 Å². The van der Waals surface area contributed by atoms with Crippen molar-refractivity contribution in [3.63, 3.8) is 0 Å². The molecule has 1 unspecified atom stereocenters. The summed E-state index contributed by atoms with van der Waals surface area (Å²) < 4.78 is 13.3. The molecule has 0 aromatic heterocycles. The van der Waals surface area contributed by atoms with E-state index < -0.39 is 5.82 Å². The Hall–Kier alpha value is -0.840. The lowest BCUT2D eigenvalue weighted by Gasteiger charge is -2.17. The molecular formula is C11H11Cl2FN2O. The van der Waals surface area contributed by atoms with Crippen molar-refractivity contribution < 1.29 is 9.18 Å². The molecule has 1 N–H and O–H groups in total. The summed E-state index contributed by atoms with van der Waals surface area (Å²) in [6.45, 7) is 0.572. The Balaban J connectivity index is 2.33. The molecule has 0 bridgehead atoms. The van der Waals surface area contributed by atoms with E-state index in [1.807, 2.05) is 0 Å². The highest BCUT2D eigenvalue weighted by Crippen LogP contribution is 2.31. The van der Waals surface area contributed by atoms with Crippen LogP contribution in [-0.4, -0.2) is 25.5 Å². The van der Waals surface area contributed by atoms with Gasteiger partial charge in [-0.2, -0.15) is 0 Å². The molecule has 1 aliphatic heterocycles. The largest absolute Gasteiger partial charge is 0.311 e. The molecule has 0 saturated carbocycles. The standard InChI is InChI=1S/C11H11Cl2FN2O/c1-15-9-2-3-16(11(9)17)6-4-7(12)10(14)8(13)5-6/h4-5,9,15H,2-3H2,1H3. The lowest BCUT2D eigenvalue weighted by molar-refractivity contribution is -0.118. The van der Waals surface area contributed by atoms with Crippen molar-refractivity contribution in [3.05, 3.63) is 28.0 Å². The van der Waals surface area contributed by atoms with Crippen LogP contribution in [-0.2, 0) is 4.79 Å². The maximum absolute atomic E-state index is 13.3. The minimum absolute atomic E-state index is 0.0498. The van der Waals surface area contributed by atoms with Gasteiger partial charge in [-0.05, 0) is 25.6 Å². The average molecular weight is 277 g/mol. The topological polar surface area (TPSA) is 32.3 Å². The summed E-state index contributed by atoms with van der Waals surface area (Å²) in [5.41, 5.74) is 0.532. The van der Waals surface area contributed by atoms with E-state index in [4.69, 9.17) is 23.2 Å². The maximum Gasteiger partial charge on any atom is 0.244 e. The van der Waals surface area contributed by atoms with E-state index in [2.05, 4.69) is 5.32 Å². The van der Waals surface area contributed by atoms with Gasteiger partial charge in [0, 0.05) is 12.2 Å². The van der Waals surface area contributed by atoms with Crippen molar-refractivity contribution in [1.82, 2.24) is 5.32 Å². The Kier molecular flexibility index (Phi) is 3.56. The number of nitrogens with zero attached hydrogens (tertiary/aromatic N) is 1. The number of anilines is 1. The van der Waals surface area contributed by atoms with Gasteiger partial charge in [0.05, 0.1) is 16.1 Å². The minimum Gasteiger partial charge on any atom is -0.311 e. The average Bonchev–Trinajstić information content (AvgIpc) is 2.66. The van der Waals surface area contributed by atoms with Crippen LogP contribution in [0.1, 0.15) is 6.42 Å². The number of nitrogens with one attached hydrogen (secondary N) is 1. The predicted octanol–water partition coefficient (Wildman–Crippen LogP) is 2.46. The molecule has 1 aliphatic rings. The Labute approximate surface area is 108 Å². The van der Waals surface area contributed by atoms with Gasteiger partial charge in [-0.25, -0.2) is 4.39 Å². The van der Waals surface area contributed by atoms with E-state index in [0.717, 1.165) is 0 Å². The molecule has 1 aromatic rings. The molecule has 0 spiro atoms. The molecule has 0 radical (unpaired) electrons. The molecule has 1 fully saturated rings. The first kappa shape index (κ1) is 12.6. The van der Waals surface area contributed by atoms with Crippen LogP contribution in [0.2, 0.25) is 10.0 Å². The highest BCUT2D eigenvalue weighted by molar-refractivity contribution is 6.35. The fourth-order valence-electron chi connectivity index (χ4n) is 1.90. The zero-order valence-corrected chi connectivity index (χ0v) is 10.6.